The molecule has 0 saturated heterocycles. The van der Waals surface area contributed by atoms with Crippen molar-refractivity contribution in [2.24, 2.45) is 0 Å². The molecule has 1 aromatic rings. The average Bonchev–Trinajstić information content (AvgIpc) is 2.53. The molecular weight excluding hydrogens is 206 g/mol. The van der Waals surface area contributed by atoms with E-state index in [9.17, 15) is 0 Å². The molecule has 1 aromatic heterocycles. The fourth-order valence-electron chi connectivity index (χ4n) is 1.56. The first-order valence-corrected chi connectivity index (χ1v) is 5.12. The second-order valence-corrected chi connectivity index (χ2v) is 3.92. The summed E-state index contributed by atoms with van der Waals surface area (Å²) >= 11 is 1.81. The van der Waals surface area contributed by atoms with Gasteiger partial charge in [-0.25, -0.2) is 0 Å². The lowest BCUT2D eigenvalue weighted by molar-refractivity contribution is 0.0469. The number of thiophene rings is 1. The Hall–Kier alpha value is -0.0900. The fraction of sp³-hybridized carbons (Fsp3) is 0.556. The number of rotatable bonds is 2. The summed E-state index contributed by atoms with van der Waals surface area (Å²) in [6, 6.07) is 2.21. The first-order chi connectivity index (χ1) is 5.92. The predicted octanol–water partition coefficient (Wildman–Crippen LogP) is 2.00. The van der Waals surface area contributed by atoms with Crippen molar-refractivity contribution in [2.75, 3.05) is 20.2 Å². The van der Waals surface area contributed by atoms with Gasteiger partial charge < -0.3 is 10.1 Å². The first kappa shape index (κ1) is 11.0. The van der Waals surface area contributed by atoms with Gasteiger partial charge in [0.05, 0.1) is 6.61 Å². The van der Waals surface area contributed by atoms with Crippen LogP contribution in [-0.4, -0.2) is 20.2 Å². The highest BCUT2D eigenvalue weighted by atomic mass is 35.5. The quantitative estimate of drug-likeness (QED) is 0.822. The van der Waals surface area contributed by atoms with Crippen LogP contribution < -0.4 is 5.32 Å². The van der Waals surface area contributed by atoms with E-state index in [1.165, 1.54) is 10.4 Å². The van der Waals surface area contributed by atoms with Gasteiger partial charge in [-0.1, -0.05) is 0 Å². The maximum Gasteiger partial charge on any atom is 0.104 e. The van der Waals surface area contributed by atoms with E-state index in [1.54, 1.807) is 0 Å². The zero-order valence-electron chi connectivity index (χ0n) is 7.58. The molecule has 74 valence electrons. The molecule has 0 aromatic carbocycles. The Bertz CT molecular complexity index is 264. The molecule has 0 aliphatic carbocycles. The number of nitrogens with one attached hydrogen (secondary N) is 1. The average molecular weight is 220 g/mol. The minimum absolute atomic E-state index is 0. The van der Waals surface area contributed by atoms with E-state index in [0.717, 1.165) is 19.6 Å². The second-order valence-electron chi connectivity index (χ2n) is 2.98. The summed E-state index contributed by atoms with van der Waals surface area (Å²) in [5.74, 6) is 0. The van der Waals surface area contributed by atoms with Crippen LogP contribution in [0.2, 0.25) is 0 Å². The van der Waals surface area contributed by atoms with E-state index in [-0.39, 0.29) is 12.4 Å². The normalized spacial score (nSPS) is 20.5. The van der Waals surface area contributed by atoms with E-state index in [0.29, 0.717) is 6.10 Å². The Kier molecular flexibility index (Phi) is 4.19. The minimum Gasteiger partial charge on any atom is -0.371 e. The molecule has 4 heteroatoms. The molecule has 1 atom stereocenters. The Morgan fingerprint density at radius 3 is 3.31 bits per heavy atom. The van der Waals surface area contributed by atoms with Gasteiger partial charge in [0.1, 0.15) is 6.10 Å². The van der Waals surface area contributed by atoms with E-state index < -0.39 is 0 Å². The fourth-order valence-corrected chi connectivity index (χ4v) is 2.56. The lowest BCUT2D eigenvalue weighted by Crippen LogP contribution is -2.23. The summed E-state index contributed by atoms with van der Waals surface area (Å²) in [6.07, 6.45) is 1.37. The number of hydrogen-bond acceptors (Lipinski definition) is 3. The van der Waals surface area contributed by atoms with Gasteiger partial charge in [0.25, 0.3) is 0 Å². The van der Waals surface area contributed by atoms with Crippen molar-refractivity contribution >= 4 is 23.7 Å². The van der Waals surface area contributed by atoms with Gasteiger partial charge in [-0.15, -0.1) is 23.7 Å². The highest BCUT2D eigenvalue weighted by Gasteiger charge is 2.20. The van der Waals surface area contributed by atoms with Crippen molar-refractivity contribution in [1.82, 2.24) is 5.32 Å². The highest BCUT2D eigenvalue weighted by Crippen LogP contribution is 2.30. The second kappa shape index (κ2) is 4.96. The molecule has 0 spiro atoms. The number of likely N-dealkylation sites (N-methyl/N-ethyl adjacent to an activating group) is 1. The smallest absolute Gasteiger partial charge is 0.104 e. The summed E-state index contributed by atoms with van der Waals surface area (Å²) in [5, 5.41) is 5.30. The first-order valence-electron chi connectivity index (χ1n) is 4.24. The lowest BCUT2D eigenvalue weighted by atomic mass is 10.1. The molecule has 2 rings (SSSR count). The maximum absolute atomic E-state index is 5.65. The van der Waals surface area contributed by atoms with Crippen molar-refractivity contribution in [1.29, 1.82) is 0 Å². The largest absolute Gasteiger partial charge is 0.371 e. The Morgan fingerprint density at radius 2 is 2.54 bits per heavy atom. The van der Waals surface area contributed by atoms with Gasteiger partial charge in [-0.05, 0) is 30.5 Å². The van der Waals surface area contributed by atoms with Gasteiger partial charge in [-0.2, -0.15) is 0 Å². The molecule has 0 fully saturated rings. The molecule has 0 radical (unpaired) electrons. The van der Waals surface area contributed by atoms with Gasteiger partial charge in [-0.3, -0.25) is 0 Å². The van der Waals surface area contributed by atoms with Crippen LogP contribution in [-0.2, 0) is 11.2 Å². The zero-order valence-corrected chi connectivity index (χ0v) is 9.21. The third-order valence-electron chi connectivity index (χ3n) is 2.15. The van der Waals surface area contributed by atoms with Gasteiger partial charge in [0.15, 0.2) is 0 Å². The van der Waals surface area contributed by atoms with E-state index in [4.69, 9.17) is 4.74 Å². The molecule has 0 saturated carbocycles. The molecule has 0 unspecified atom stereocenters. The van der Waals surface area contributed by atoms with E-state index in [1.807, 2.05) is 18.4 Å². The summed E-state index contributed by atoms with van der Waals surface area (Å²) in [6.45, 7) is 1.80. The molecule has 13 heavy (non-hydrogen) atoms. The van der Waals surface area contributed by atoms with Crippen LogP contribution in [0.15, 0.2) is 11.4 Å². The van der Waals surface area contributed by atoms with Crippen LogP contribution in [0.3, 0.4) is 0 Å². The van der Waals surface area contributed by atoms with Gasteiger partial charge >= 0.3 is 0 Å². The van der Waals surface area contributed by atoms with Crippen molar-refractivity contribution in [2.45, 2.75) is 12.5 Å². The third kappa shape index (κ3) is 2.23. The Morgan fingerprint density at radius 1 is 1.69 bits per heavy atom. The summed E-state index contributed by atoms with van der Waals surface area (Å²) < 4.78 is 5.65. The molecule has 1 aliphatic rings. The van der Waals surface area contributed by atoms with Crippen LogP contribution in [0.25, 0.3) is 0 Å². The molecule has 0 bridgehead atoms. The van der Waals surface area contributed by atoms with Crippen molar-refractivity contribution < 1.29 is 4.74 Å². The van der Waals surface area contributed by atoms with E-state index in [2.05, 4.69) is 16.8 Å². The van der Waals surface area contributed by atoms with Crippen LogP contribution in [0.4, 0.5) is 0 Å². The summed E-state index contributed by atoms with van der Waals surface area (Å²) in [4.78, 5) is 1.41. The van der Waals surface area contributed by atoms with Crippen LogP contribution >= 0.6 is 23.7 Å². The van der Waals surface area contributed by atoms with E-state index >= 15 is 0 Å². The van der Waals surface area contributed by atoms with Gasteiger partial charge in [0.2, 0.25) is 0 Å². The summed E-state index contributed by atoms with van der Waals surface area (Å²) in [5.41, 5.74) is 1.48. The highest BCUT2D eigenvalue weighted by molar-refractivity contribution is 7.10. The van der Waals surface area contributed by atoms with Crippen molar-refractivity contribution in [3.8, 4) is 0 Å². The van der Waals surface area contributed by atoms with Gasteiger partial charge in [0, 0.05) is 11.4 Å². The molecule has 1 aliphatic heterocycles. The van der Waals surface area contributed by atoms with Crippen LogP contribution in [0.1, 0.15) is 16.5 Å². The Balaban J connectivity index is 0.000000845. The molecule has 2 heterocycles. The zero-order chi connectivity index (χ0) is 8.39. The monoisotopic (exact) mass is 219 g/mol. The third-order valence-corrected chi connectivity index (χ3v) is 3.20. The van der Waals surface area contributed by atoms with Crippen LogP contribution in [0.5, 0.6) is 0 Å². The number of fused-ring (bicyclic) bond motifs is 1. The number of ether oxygens (including phenoxy) is 1. The SMILES string of the molecule is CNC[C@H]1OCCc2ccsc21.Cl. The van der Waals surface area contributed by atoms with Crippen molar-refractivity contribution in [3.63, 3.8) is 0 Å². The number of hydrogen-bond donors (Lipinski definition) is 1. The maximum atomic E-state index is 5.65. The van der Waals surface area contributed by atoms with Crippen molar-refractivity contribution in [3.05, 3.63) is 21.9 Å². The topological polar surface area (TPSA) is 21.3 Å². The molecule has 0 amide bonds. The predicted molar refractivity (Wildman–Crippen MR) is 57.9 cm³/mol. The minimum atomic E-state index is 0. The van der Waals surface area contributed by atoms with Crippen LogP contribution in [0, 0.1) is 0 Å². The Labute approximate surface area is 88.7 Å². The number of halogens is 1. The molecule has 2 nitrogen and oxygen atoms in total. The molecule has 1 N–H and O–H groups in total. The molecular formula is C9H14ClNOS. The lowest BCUT2D eigenvalue weighted by Gasteiger charge is -2.22. The standard InChI is InChI=1S/C9H13NOS.ClH/c1-10-6-8-9-7(2-4-11-8)3-5-12-9;/h3,5,8,10H,2,4,6H2,1H3;1H/t8-;/m1./s1. The summed E-state index contributed by atoms with van der Waals surface area (Å²) in [7, 11) is 1.96.